The molecular formula is C16H24N3O+. The van der Waals surface area contributed by atoms with E-state index in [0.29, 0.717) is 5.39 Å². The van der Waals surface area contributed by atoms with Crippen molar-refractivity contribution in [2.45, 2.75) is 26.8 Å². The van der Waals surface area contributed by atoms with Gasteiger partial charge in [-0.3, -0.25) is 9.36 Å². The molecule has 4 nitrogen and oxygen atoms in total. The Morgan fingerprint density at radius 3 is 2.55 bits per heavy atom. The third-order valence-corrected chi connectivity index (χ3v) is 4.40. The SMILES string of the molecule is CC[N+](C)(CC)CC(C)n1cnc2ccccc2c1=O. The van der Waals surface area contributed by atoms with Gasteiger partial charge in [0, 0.05) is 0 Å². The molecule has 108 valence electrons. The molecule has 0 saturated heterocycles. The standard InChI is InChI=1S/C16H24N3O/c1-5-19(4,6-2)11-13(3)18-12-17-15-10-8-7-9-14(15)16(18)20/h7-10,12-13H,5-6,11H2,1-4H3/q+1. The van der Waals surface area contributed by atoms with E-state index in [1.807, 2.05) is 24.3 Å². The zero-order chi connectivity index (χ0) is 14.8. The van der Waals surface area contributed by atoms with E-state index < -0.39 is 0 Å². The van der Waals surface area contributed by atoms with Gasteiger partial charge < -0.3 is 4.48 Å². The first-order chi connectivity index (χ1) is 9.50. The molecule has 20 heavy (non-hydrogen) atoms. The number of quaternary nitrogens is 1. The Hall–Kier alpha value is -1.68. The number of rotatable bonds is 5. The normalized spacial score (nSPS) is 13.6. The first-order valence-corrected chi connectivity index (χ1v) is 7.30. The van der Waals surface area contributed by atoms with Crippen LogP contribution in [0.4, 0.5) is 0 Å². The van der Waals surface area contributed by atoms with Gasteiger partial charge in [0.05, 0.1) is 50.0 Å². The van der Waals surface area contributed by atoms with Crippen molar-refractivity contribution in [3.05, 3.63) is 40.9 Å². The Balaban J connectivity index is 2.38. The lowest BCUT2D eigenvalue weighted by Crippen LogP contribution is -2.47. The average molecular weight is 274 g/mol. The van der Waals surface area contributed by atoms with Gasteiger partial charge in [0.25, 0.3) is 5.56 Å². The lowest BCUT2D eigenvalue weighted by molar-refractivity contribution is -0.908. The van der Waals surface area contributed by atoms with Crippen molar-refractivity contribution in [1.82, 2.24) is 9.55 Å². The van der Waals surface area contributed by atoms with Crippen LogP contribution >= 0.6 is 0 Å². The highest BCUT2D eigenvalue weighted by molar-refractivity contribution is 5.76. The Kier molecular flexibility index (Phi) is 4.23. The van der Waals surface area contributed by atoms with Crippen molar-refractivity contribution in [2.24, 2.45) is 0 Å². The number of nitrogens with zero attached hydrogens (tertiary/aromatic N) is 3. The molecule has 0 aliphatic heterocycles. The largest absolute Gasteiger partial charge is 0.325 e. The molecule has 2 rings (SSSR count). The van der Waals surface area contributed by atoms with E-state index in [-0.39, 0.29) is 11.6 Å². The maximum Gasteiger partial charge on any atom is 0.261 e. The molecular weight excluding hydrogens is 250 g/mol. The molecule has 1 unspecified atom stereocenters. The van der Waals surface area contributed by atoms with Crippen LogP contribution in [0.1, 0.15) is 26.8 Å². The predicted molar refractivity (Wildman–Crippen MR) is 82.8 cm³/mol. The highest BCUT2D eigenvalue weighted by Crippen LogP contribution is 2.13. The van der Waals surface area contributed by atoms with E-state index in [4.69, 9.17) is 0 Å². The minimum atomic E-state index is 0.0573. The Labute approximate surface area is 120 Å². The molecule has 0 radical (unpaired) electrons. The van der Waals surface area contributed by atoms with Gasteiger partial charge in [0.2, 0.25) is 0 Å². The van der Waals surface area contributed by atoms with Gasteiger partial charge in [-0.15, -0.1) is 0 Å². The second-order valence-electron chi connectivity index (χ2n) is 5.76. The van der Waals surface area contributed by atoms with Gasteiger partial charge in [0.1, 0.15) is 0 Å². The van der Waals surface area contributed by atoms with Crippen LogP contribution in [0.15, 0.2) is 35.4 Å². The summed E-state index contributed by atoms with van der Waals surface area (Å²) in [6.45, 7) is 9.55. The third-order valence-electron chi connectivity index (χ3n) is 4.40. The summed E-state index contributed by atoms with van der Waals surface area (Å²) in [4.78, 5) is 16.9. The molecule has 1 heterocycles. The summed E-state index contributed by atoms with van der Waals surface area (Å²) < 4.78 is 2.73. The molecule has 1 aromatic heterocycles. The van der Waals surface area contributed by atoms with Crippen LogP contribution in [0, 0.1) is 0 Å². The van der Waals surface area contributed by atoms with Gasteiger partial charge in [0.15, 0.2) is 0 Å². The zero-order valence-corrected chi connectivity index (χ0v) is 12.8. The first kappa shape index (κ1) is 14.7. The maximum atomic E-state index is 12.5. The van der Waals surface area contributed by atoms with Gasteiger partial charge in [-0.1, -0.05) is 12.1 Å². The molecule has 0 spiro atoms. The Morgan fingerprint density at radius 1 is 1.25 bits per heavy atom. The lowest BCUT2D eigenvalue weighted by Gasteiger charge is -2.34. The Bertz CT molecular complexity index is 643. The number of aromatic nitrogens is 2. The van der Waals surface area contributed by atoms with Crippen LogP contribution < -0.4 is 5.56 Å². The van der Waals surface area contributed by atoms with E-state index in [0.717, 1.165) is 29.6 Å². The fourth-order valence-corrected chi connectivity index (χ4v) is 2.60. The van der Waals surface area contributed by atoms with E-state index in [1.54, 1.807) is 10.9 Å². The van der Waals surface area contributed by atoms with Crippen LogP contribution in [0.25, 0.3) is 10.9 Å². The molecule has 2 aromatic rings. The molecule has 1 atom stereocenters. The summed E-state index contributed by atoms with van der Waals surface area (Å²) in [5.74, 6) is 0. The van der Waals surface area contributed by atoms with Crippen LogP contribution in [0.3, 0.4) is 0 Å². The fourth-order valence-electron chi connectivity index (χ4n) is 2.60. The summed E-state index contributed by atoms with van der Waals surface area (Å²) in [5.41, 5.74) is 0.825. The van der Waals surface area contributed by atoms with Crippen molar-refractivity contribution < 1.29 is 4.48 Å². The number of hydrogen-bond donors (Lipinski definition) is 0. The van der Waals surface area contributed by atoms with Gasteiger partial charge in [-0.05, 0) is 32.9 Å². The van der Waals surface area contributed by atoms with Crippen LogP contribution in [0.2, 0.25) is 0 Å². The van der Waals surface area contributed by atoms with E-state index in [2.05, 4.69) is 32.8 Å². The summed E-state index contributed by atoms with van der Waals surface area (Å²) in [6.07, 6.45) is 1.69. The number of likely N-dealkylation sites (N-methyl/N-ethyl adjacent to an activating group) is 1. The van der Waals surface area contributed by atoms with E-state index in [1.165, 1.54) is 0 Å². The number of fused-ring (bicyclic) bond motifs is 1. The van der Waals surface area contributed by atoms with Gasteiger partial charge in [-0.2, -0.15) is 0 Å². The molecule has 0 saturated carbocycles. The second-order valence-corrected chi connectivity index (χ2v) is 5.76. The average Bonchev–Trinajstić information content (AvgIpc) is 2.47. The molecule has 1 aromatic carbocycles. The molecule has 0 aliphatic rings. The molecule has 0 N–H and O–H groups in total. The number of benzene rings is 1. The summed E-state index contributed by atoms with van der Waals surface area (Å²) in [6, 6.07) is 7.67. The number of para-hydroxylation sites is 1. The van der Waals surface area contributed by atoms with Gasteiger partial charge >= 0.3 is 0 Å². The number of hydrogen-bond acceptors (Lipinski definition) is 2. The van der Waals surface area contributed by atoms with E-state index >= 15 is 0 Å². The molecule has 0 aliphatic carbocycles. The smallest absolute Gasteiger partial charge is 0.261 e. The summed E-state index contributed by atoms with van der Waals surface area (Å²) in [7, 11) is 2.23. The second kappa shape index (κ2) is 5.75. The van der Waals surface area contributed by atoms with Crippen molar-refractivity contribution in [3.63, 3.8) is 0 Å². The van der Waals surface area contributed by atoms with Crippen LogP contribution in [-0.2, 0) is 0 Å². The fraction of sp³-hybridized carbons (Fsp3) is 0.500. The van der Waals surface area contributed by atoms with Crippen molar-refractivity contribution >= 4 is 10.9 Å². The topological polar surface area (TPSA) is 34.9 Å². The summed E-state index contributed by atoms with van der Waals surface area (Å²) in [5, 5.41) is 0.698. The van der Waals surface area contributed by atoms with E-state index in [9.17, 15) is 4.79 Å². The van der Waals surface area contributed by atoms with Crippen molar-refractivity contribution in [3.8, 4) is 0 Å². The lowest BCUT2D eigenvalue weighted by atomic mass is 10.2. The highest BCUT2D eigenvalue weighted by atomic mass is 16.1. The zero-order valence-electron chi connectivity index (χ0n) is 12.8. The molecule has 0 bridgehead atoms. The molecule has 4 heteroatoms. The Morgan fingerprint density at radius 2 is 1.90 bits per heavy atom. The minimum absolute atomic E-state index is 0.0573. The van der Waals surface area contributed by atoms with Gasteiger partial charge in [-0.25, -0.2) is 4.98 Å². The minimum Gasteiger partial charge on any atom is -0.325 e. The predicted octanol–water partition coefficient (Wildman–Crippen LogP) is 2.44. The first-order valence-electron chi connectivity index (χ1n) is 7.30. The third kappa shape index (κ3) is 2.75. The monoisotopic (exact) mass is 274 g/mol. The quantitative estimate of drug-likeness (QED) is 0.785. The van der Waals surface area contributed by atoms with Crippen molar-refractivity contribution in [1.29, 1.82) is 0 Å². The molecule has 0 fully saturated rings. The van der Waals surface area contributed by atoms with Crippen LogP contribution in [-0.4, -0.2) is 40.7 Å². The maximum absolute atomic E-state index is 12.5. The highest BCUT2D eigenvalue weighted by Gasteiger charge is 2.22. The van der Waals surface area contributed by atoms with Crippen LogP contribution in [0.5, 0.6) is 0 Å². The summed E-state index contributed by atoms with van der Waals surface area (Å²) >= 11 is 0. The molecule has 0 amide bonds. The van der Waals surface area contributed by atoms with Crippen molar-refractivity contribution in [2.75, 3.05) is 26.7 Å².